The third-order valence-corrected chi connectivity index (χ3v) is 6.55. The van der Waals surface area contributed by atoms with Crippen molar-refractivity contribution in [3.63, 3.8) is 0 Å². The summed E-state index contributed by atoms with van der Waals surface area (Å²) >= 11 is 0. The number of pyridine rings is 1. The monoisotopic (exact) mass is 454 g/mol. The molecule has 31 heavy (non-hydrogen) atoms. The zero-order valence-corrected chi connectivity index (χ0v) is 16.8. The van der Waals surface area contributed by atoms with Crippen molar-refractivity contribution in [1.29, 1.82) is 0 Å². The van der Waals surface area contributed by atoms with Crippen LogP contribution >= 0.6 is 0 Å². The number of halogens is 3. The van der Waals surface area contributed by atoms with Gasteiger partial charge in [0, 0.05) is 18.9 Å². The minimum atomic E-state index is -4.81. The van der Waals surface area contributed by atoms with Crippen molar-refractivity contribution in [1.82, 2.24) is 19.5 Å². The number of sulfonamides is 1. The fraction of sp³-hybridized carbons (Fsp3) is 0.316. The van der Waals surface area contributed by atoms with Crippen molar-refractivity contribution in [2.75, 3.05) is 6.54 Å². The number of alkyl halides is 3. The van der Waals surface area contributed by atoms with Crippen molar-refractivity contribution < 1.29 is 30.7 Å². The van der Waals surface area contributed by atoms with Crippen LogP contribution in [-0.4, -0.2) is 40.8 Å². The highest BCUT2D eigenvalue weighted by molar-refractivity contribution is 7.88. The molecule has 0 spiro atoms. The molecule has 0 bridgehead atoms. The van der Waals surface area contributed by atoms with E-state index >= 15 is 0 Å². The molecule has 1 aromatic carbocycles. The smallest absolute Gasteiger partial charge is 0.419 e. The number of nitrogens with zero attached hydrogens (tertiary/aromatic N) is 4. The topological polar surface area (TPSA) is 98.4 Å². The molecule has 1 unspecified atom stereocenters. The van der Waals surface area contributed by atoms with E-state index in [1.165, 1.54) is 16.4 Å². The van der Waals surface area contributed by atoms with E-state index in [1.807, 2.05) is 0 Å². The molecule has 1 atom stereocenters. The summed E-state index contributed by atoms with van der Waals surface area (Å²) in [6.07, 6.45) is -0.505. The number of benzene rings is 1. The maximum absolute atomic E-state index is 13.0. The molecule has 3 heterocycles. The van der Waals surface area contributed by atoms with Gasteiger partial charge >= 0.3 is 6.36 Å². The Morgan fingerprint density at radius 2 is 1.94 bits per heavy atom. The van der Waals surface area contributed by atoms with E-state index in [9.17, 15) is 21.6 Å². The fourth-order valence-corrected chi connectivity index (χ4v) is 5.15. The van der Waals surface area contributed by atoms with Crippen molar-refractivity contribution in [3.05, 3.63) is 60.2 Å². The van der Waals surface area contributed by atoms with Crippen molar-refractivity contribution >= 4 is 10.0 Å². The second-order valence-electron chi connectivity index (χ2n) is 6.90. The quantitative estimate of drug-likeness (QED) is 0.560. The van der Waals surface area contributed by atoms with Crippen LogP contribution in [0.1, 0.15) is 30.3 Å². The Hall–Kier alpha value is -2.99. The highest BCUT2D eigenvalue weighted by atomic mass is 32.2. The summed E-state index contributed by atoms with van der Waals surface area (Å²) in [5.41, 5.74) is 0.955. The molecule has 2 aromatic heterocycles. The molecule has 0 saturated carbocycles. The first-order valence-electron chi connectivity index (χ1n) is 9.29. The summed E-state index contributed by atoms with van der Waals surface area (Å²) in [6, 6.07) is 7.61. The van der Waals surface area contributed by atoms with E-state index in [2.05, 4.69) is 19.9 Å². The van der Waals surface area contributed by atoms with Crippen LogP contribution < -0.4 is 4.74 Å². The van der Waals surface area contributed by atoms with Crippen LogP contribution in [0.15, 0.2) is 53.2 Å². The Morgan fingerprint density at radius 3 is 2.61 bits per heavy atom. The van der Waals surface area contributed by atoms with Crippen molar-refractivity contribution in [2.45, 2.75) is 31.0 Å². The SMILES string of the molecule is O=S(=O)(Cc1ccc(OC(F)(F)F)cc1)N1CCCC1c1nnc(-c2cccnc2)o1. The minimum absolute atomic E-state index is 0.189. The van der Waals surface area contributed by atoms with Gasteiger partial charge in [0.15, 0.2) is 0 Å². The summed E-state index contributed by atoms with van der Waals surface area (Å²) in [5.74, 6) is -0.359. The molecule has 8 nitrogen and oxygen atoms in total. The first-order valence-corrected chi connectivity index (χ1v) is 10.9. The van der Waals surface area contributed by atoms with Gasteiger partial charge in [0.1, 0.15) is 11.8 Å². The fourth-order valence-electron chi connectivity index (χ4n) is 3.38. The lowest BCUT2D eigenvalue weighted by atomic mass is 10.2. The molecule has 3 aromatic rings. The summed E-state index contributed by atoms with van der Waals surface area (Å²) in [7, 11) is -3.78. The molecule has 1 aliphatic heterocycles. The Kier molecular flexibility index (Phi) is 5.67. The minimum Gasteiger partial charge on any atom is -0.419 e. The molecule has 1 aliphatic rings. The normalized spacial score (nSPS) is 17.7. The summed E-state index contributed by atoms with van der Waals surface area (Å²) in [6.45, 7) is 0.285. The summed E-state index contributed by atoms with van der Waals surface area (Å²) < 4.78 is 73.6. The first-order chi connectivity index (χ1) is 14.7. The summed E-state index contributed by atoms with van der Waals surface area (Å²) in [5, 5.41) is 8.00. The second-order valence-corrected chi connectivity index (χ2v) is 8.83. The third kappa shape index (κ3) is 5.02. The largest absolute Gasteiger partial charge is 0.573 e. The van der Waals surface area contributed by atoms with Crippen LogP contribution in [-0.2, 0) is 15.8 Å². The van der Waals surface area contributed by atoms with E-state index in [4.69, 9.17) is 4.42 Å². The van der Waals surface area contributed by atoms with Gasteiger partial charge in [-0.15, -0.1) is 23.4 Å². The lowest BCUT2D eigenvalue weighted by Crippen LogP contribution is -2.32. The van der Waals surface area contributed by atoms with Gasteiger partial charge in [0.2, 0.25) is 21.8 Å². The van der Waals surface area contributed by atoms with Crippen LogP contribution in [0.3, 0.4) is 0 Å². The van der Waals surface area contributed by atoms with Crippen LogP contribution in [0.2, 0.25) is 0 Å². The molecule has 0 aliphatic carbocycles. The Morgan fingerprint density at radius 1 is 1.16 bits per heavy atom. The van der Waals surface area contributed by atoms with E-state index < -0.39 is 28.2 Å². The lowest BCUT2D eigenvalue weighted by Gasteiger charge is -2.21. The second kappa shape index (κ2) is 8.27. The molecule has 0 radical (unpaired) electrons. The zero-order chi connectivity index (χ0) is 22.1. The molecular formula is C19H17F3N4O4S. The maximum Gasteiger partial charge on any atom is 0.573 e. The van der Waals surface area contributed by atoms with Gasteiger partial charge in [-0.05, 0) is 42.7 Å². The standard InChI is InChI=1S/C19H17F3N4O4S/c20-19(21,22)30-15-7-5-13(6-8-15)12-31(27,28)26-10-2-4-16(26)18-25-24-17(29-18)14-3-1-9-23-11-14/h1,3,5-9,11,16H,2,4,10,12H2. The van der Waals surface area contributed by atoms with E-state index in [0.717, 1.165) is 12.1 Å². The summed E-state index contributed by atoms with van der Waals surface area (Å²) in [4.78, 5) is 3.99. The van der Waals surface area contributed by atoms with Gasteiger partial charge in [0.25, 0.3) is 0 Å². The average Bonchev–Trinajstić information content (AvgIpc) is 3.39. The molecule has 164 valence electrons. The highest BCUT2D eigenvalue weighted by Crippen LogP contribution is 2.35. The molecule has 0 amide bonds. The molecule has 0 N–H and O–H groups in total. The van der Waals surface area contributed by atoms with E-state index in [-0.39, 0.29) is 24.1 Å². The van der Waals surface area contributed by atoms with Crippen molar-refractivity contribution in [2.24, 2.45) is 0 Å². The predicted octanol–water partition coefficient (Wildman–Crippen LogP) is 3.70. The molecule has 12 heteroatoms. The Bertz CT molecular complexity index is 1130. The van der Waals surface area contributed by atoms with Gasteiger partial charge in [-0.25, -0.2) is 8.42 Å². The Balaban J connectivity index is 1.49. The van der Waals surface area contributed by atoms with Crippen LogP contribution in [0.4, 0.5) is 13.2 Å². The highest BCUT2D eigenvalue weighted by Gasteiger charge is 2.38. The average molecular weight is 454 g/mol. The molecule has 1 fully saturated rings. The van der Waals surface area contributed by atoms with Crippen LogP contribution in [0.25, 0.3) is 11.5 Å². The van der Waals surface area contributed by atoms with Gasteiger partial charge in [-0.2, -0.15) is 4.31 Å². The third-order valence-electron chi connectivity index (χ3n) is 4.70. The number of hydrogen-bond donors (Lipinski definition) is 0. The number of ether oxygens (including phenoxy) is 1. The van der Waals surface area contributed by atoms with E-state index in [0.29, 0.717) is 24.0 Å². The number of hydrogen-bond acceptors (Lipinski definition) is 7. The molecular weight excluding hydrogens is 437 g/mol. The molecule has 4 rings (SSSR count). The predicted molar refractivity (Wildman–Crippen MR) is 102 cm³/mol. The number of rotatable bonds is 6. The first kappa shape index (κ1) is 21.2. The van der Waals surface area contributed by atoms with Gasteiger partial charge < -0.3 is 9.15 Å². The zero-order valence-electron chi connectivity index (χ0n) is 16.0. The Labute approximate surface area is 175 Å². The molecule has 1 saturated heterocycles. The van der Waals surface area contributed by atoms with Gasteiger partial charge in [-0.3, -0.25) is 4.98 Å². The van der Waals surface area contributed by atoms with Gasteiger partial charge in [0.05, 0.1) is 11.3 Å². The lowest BCUT2D eigenvalue weighted by molar-refractivity contribution is -0.274. The van der Waals surface area contributed by atoms with Crippen molar-refractivity contribution in [3.8, 4) is 17.2 Å². The van der Waals surface area contributed by atoms with Gasteiger partial charge in [-0.1, -0.05) is 12.1 Å². The maximum atomic E-state index is 13.0. The van der Waals surface area contributed by atoms with Crippen LogP contribution in [0.5, 0.6) is 5.75 Å². The van der Waals surface area contributed by atoms with E-state index in [1.54, 1.807) is 24.5 Å². The number of aromatic nitrogens is 3. The van der Waals surface area contributed by atoms with Crippen LogP contribution in [0, 0.1) is 0 Å².